The second-order valence-corrected chi connectivity index (χ2v) is 4.21. The lowest BCUT2D eigenvalue weighted by Gasteiger charge is -2.17. The van der Waals surface area contributed by atoms with E-state index in [1.165, 1.54) is 0 Å². The molecular formula is C8H15IN2O. The fourth-order valence-electron chi connectivity index (χ4n) is 1.36. The van der Waals surface area contributed by atoms with Gasteiger partial charge in [0.2, 0.25) is 5.91 Å². The zero-order chi connectivity index (χ0) is 8.97. The van der Waals surface area contributed by atoms with E-state index < -0.39 is 0 Å². The molecule has 1 heterocycles. The molecular weight excluding hydrogens is 267 g/mol. The topological polar surface area (TPSA) is 23.6 Å². The molecule has 0 radical (unpaired) electrons. The number of carbonyl (C=O) groups is 1. The number of alkyl halides is 1. The van der Waals surface area contributed by atoms with Crippen LogP contribution in [0.25, 0.3) is 0 Å². The minimum absolute atomic E-state index is 0.261. The highest BCUT2D eigenvalue weighted by molar-refractivity contribution is 14.1. The number of nitrogens with zero attached hydrogens (tertiary/aromatic N) is 2. The van der Waals surface area contributed by atoms with Crippen LogP contribution < -0.4 is 0 Å². The number of carbonyl (C=O) groups excluding carboxylic acids is 1. The Hall–Kier alpha value is 0.160. The van der Waals surface area contributed by atoms with Gasteiger partial charge >= 0.3 is 0 Å². The van der Waals surface area contributed by atoms with E-state index in [1.54, 1.807) is 0 Å². The second-order valence-electron chi connectivity index (χ2n) is 3.13. The quantitative estimate of drug-likeness (QED) is 0.546. The van der Waals surface area contributed by atoms with Crippen molar-refractivity contribution in [2.45, 2.75) is 6.42 Å². The van der Waals surface area contributed by atoms with E-state index in [9.17, 15) is 4.79 Å². The third-order valence-electron chi connectivity index (χ3n) is 2.15. The van der Waals surface area contributed by atoms with Crippen molar-refractivity contribution in [1.29, 1.82) is 0 Å². The third kappa shape index (κ3) is 2.90. The van der Waals surface area contributed by atoms with E-state index in [2.05, 4.69) is 27.5 Å². The first-order valence-electron chi connectivity index (χ1n) is 4.26. The Bertz CT molecular complexity index is 163. The third-order valence-corrected chi connectivity index (χ3v) is 2.64. The standard InChI is InChI=1S/C8H15IN2O/c1-10-4-2-5-11(6-3-9)7-8(10)12/h2-7H2,1H3. The predicted molar refractivity (Wildman–Crippen MR) is 57.6 cm³/mol. The summed E-state index contributed by atoms with van der Waals surface area (Å²) in [6, 6.07) is 0. The SMILES string of the molecule is CN1CCCN(CCI)CC1=O. The molecule has 1 aliphatic rings. The van der Waals surface area contributed by atoms with Gasteiger partial charge in [-0.25, -0.2) is 0 Å². The largest absolute Gasteiger partial charge is 0.345 e. The van der Waals surface area contributed by atoms with Gasteiger partial charge in [0, 0.05) is 31.1 Å². The van der Waals surface area contributed by atoms with Crippen LogP contribution in [0, 0.1) is 0 Å². The Kier molecular flexibility index (Phi) is 4.28. The first-order valence-corrected chi connectivity index (χ1v) is 5.79. The van der Waals surface area contributed by atoms with Crippen molar-refractivity contribution in [2.24, 2.45) is 0 Å². The van der Waals surface area contributed by atoms with Crippen molar-refractivity contribution in [3.8, 4) is 0 Å². The predicted octanol–water partition coefficient (Wildman–Crippen LogP) is 0.585. The Morgan fingerprint density at radius 2 is 2.25 bits per heavy atom. The van der Waals surface area contributed by atoms with Gasteiger partial charge in [-0.15, -0.1) is 0 Å². The number of amides is 1. The highest BCUT2D eigenvalue weighted by atomic mass is 127. The van der Waals surface area contributed by atoms with Crippen LogP contribution in [0.2, 0.25) is 0 Å². The van der Waals surface area contributed by atoms with E-state index in [1.807, 2.05) is 11.9 Å². The van der Waals surface area contributed by atoms with E-state index in [-0.39, 0.29) is 5.91 Å². The maximum Gasteiger partial charge on any atom is 0.236 e. The van der Waals surface area contributed by atoms with Crippen molar-refractivity contribution in [1.82, 2.24) is 9.80 Å². The van der Waals surface area contributed by atoms with Gasteiger partial charge < -0.3 is 4.90 Å². The molecule has 1 amide bonds. The van der Waals surface area contributed by atoms with Crippen LogP contribution in [0.1, 0.15) is 6.42 Å². The molecule has 0 aromatic carbocycles. The number of rotatable bonds is 2. The van der Waals surface area contributed by atoms with Crippen molar-refractivity contribution in [2.75, 3.05) is 37.7 Å². The van der Waals surface area contributed by atoms with Crippen LogP contribution in [-0.4, -0.2) is 53.4 Å². The molecule has 0 aliphatic carbocycles. The van der Waals surface area contributed by atoms with Crippen LogP contribution >= 0.6 is 22.6 Å². The van der Waals surface area contributed by atoms with Crippen molar-refractivity contribution < 1.29 is 4.79 Å². The lowest BCUT2D eigenvalue weighted by molar-refractivity contribution is -0.129. The van der Waals surface area contributed by atoms with Crippen molar-refractivity contribution >= 4 is 28.5 Å². The molecule has 12 heavy (non-hydrogen) atoms. The molecule has 0 spiro atoms. The zero-order valence-electron chi connectivity index (χ0n) is 7.42. The highest BCUT2D eigenvalue weighted by Crippen LogP contribution is 2.02. The second kappa shape index (κ2) is 5.01. The monoisotopic (exact) mass is 282 g/mol. The lowest BCUT2D eigenvalue weighted by Crippen LogP contribution is -2.35. The maximum atomic E-state index is 11.4. The number of hydrogen-bond acceptors (Lipinski definition) is 2. The Balaban J connectivity index is 2.42. The molecule has 1 saturated heterocycles. The summed E-state index contributed by atoms with van der Waals surface area (Å²) < 4.78 is 1.11. The van der Waals surface area contributed by atoms with Gasteiger partial charge in [0.05, 0.1) is 6.54 Å². The molecule has 0 saturated carbocycles. The molecule has 3 nitrogen and oxygen atoms in total. The minimum Gasteiger partial charge on any atom is -0.345 e. The van der Waals surface area contributed by atoms with E-state index in [0.29, 0.717) is 6.54 Å². The average Bonchev–Trinajstić information content (AvgIpc) is 2.16. The Morgan fingerprint density at radius 1 is 1.50 bits per heavy atom. The van der Waals surface area contributed by atoms with Crippen molar-refractivity contribution in [3.05, 3.63) is 0 Å². The molecule has 1 aliphatic heterocycles. The minimum atomic E-state index is 0.261. The molecule has 0 atom stereocenters. The van der Waals surface area contributed by atoms with Gasteiger partial charge in [0.1, 0.15) is 0 Å². The van der Waals surface area contributed by atoms with Crippen LogP contribution in [0.3, 0.4) is 0 Å². The highest BCUT2D eigenvalue weighted by Gasteiger charge is 2.17. The molecule has 0 bridgehead atoms. The summed E-state index contributed by atoms with van der Waals surface area (Å²) in [5.74, 6) is 0.261. The average molecular weight is 282 g/mol. The van der Waals surface area contributed by atoms with E-state index in [0.717, 1.165) is 30.5 Å². The van der Waals surface area contributed by atoms with Gasteiger partial charge in [-0.1, -0.05) is 22.6 Å². The number of likely N-dealkylation sites (N-methyl/N-ethyl adjacent to an activating group) is 1. The van der Waals surface area contributed by atoms with Crippen LogP contribution in [0.4, 0.5) is 0 Å². The lowest BCUT2D eigenvalue weighted by atomic mass is 10.4. The van der Waals surface area contributed by atoms with Gasteiger partial charge in [0.15, 0.2) is 0 Å². The maximum absolute atomic E-state index is 11.4. The molecule has 4 heteroatoms. The summed E-state index contributed by atoms with van der Waals surface area (Å²) >= 11 is 2.35. The van der Waals surface area contributed by atoms with Crippen molar-refractivity contribution in [3.63, 3.8) is 0 Å². The first-order chi connectivity index (χ1) is 5.74. The molecule has 0 aromatic heterocycles. The number of halogens is 1. The summed E-state index contributed by atoms with van der Waals surface area (Å²) in [6.45, 7) is 3.63. The Labute approximate surface area is 87.2 Å². The number of hydrogen-bond donors (Lipinski definition) is 0. The first kappa shape index (κ1) is 10.2. The summed E-state index contributed by atoms with van der Waals surface area (Å²) in [5.41, 5.74) is 0. The van der Waals surface area contributed by atoms with E-state index in [4.69, 9.17) is 0 Å². The normalized spacial score (nSPS) is 21.2. The molecule has 0 N–H and O–H groups in total. The van der Waals surface area contributed by atoms with E-state index >= 15 is 0 Å². The molecule has 70 valence electrons. The summed E-state index contributed by atoms with van der Waals surface area (Å²) in [6.07, 6.45) is 1.11. The van der Waals surface area contributed by atoms with Gasteiger partial charge in [-0.3, -0.25) is 9.69 Å². The smallest absolute Gasteiger partial charge is 0.236 e. The fraction of sp³-hybridized carbons (Fsp3) is 0.875. The Morgan fingerprint density at radius 3 is 2.92 bits per heavy atom. The van der Waals surface area contributed by atoms with Gasteiger partial charge in [0.25, 0.3) is 0 Å². The summed E-state index contributed by atoms with van der Waals surface area (Å²) in [5, 5.41) is 0. The van der Waals surface area contributed by atoms with Gasteiger partial charge in [-0.05, 0) is 6.42 Å². The zero-order valence-corrected chi connectivity index (χ0v) is 9.58. The molecule has 0 aromatic rings. The molecule has 1 rings (SSSR count). The summed E-state index contributed by atoms with van der Waals surface area (Å²) in [4.78, 5) is 15.4. The summed E-state index contributed by atoms with van der Waals surface area (Å²) in [7, 11) is 1.88. The molecule has 0 unspecified atom stereocenters. The fourth-order valence-corrected chi connectivity index (χ4v) is 2.04. The van der Waals surface area contributed by atoms with Crippen LogP contribution in [0.5, 0.6) is 0 Å². The van der Waals surface area contributed by atoms with Crippen LogP contribution in [-0.2, 0) is 4.79 Å². The van der Waals surface area contributed by atoms with Crippen LogP contribution in [0.15, 0.2) is 0 Å². The van der Waals surface area contributed by atoms with Gasteiger partial charge in [-0.2, -0.15) is 0 Å². The molecule has 1 fully saturated rings.